The highest BCUT2D eigenvalue weighted by molar-refractivity contribution is 6.33. The van der Waals surface area contributed by atoms with E-state index >= 15 is 0 Å². The molecule has 0 spiro atoms. The average molecular weight is 304 g/mol. The Labute approximate surface area is 127 Å². The van der Waals surface area contributed by atoms with Crippen molar-refractivity contribution in [2.75, 3.05) is 13.7 Å². The maximum absolute atomic E-state index is 12.0. The van der Waals surface area contributed by atoms with Crippen molar-refractivity contribution in [1.82, 2.24) is 15.3 Å². The van der Waals surface area contributed by atoms with Gasteiger partial charge in [-0.15, -0.1) is 0 Å². The molecule has 0 saturated heterocycles. The van der Waals surface area contributed by atoms with Gasteiger partial charge in [0.05, 0.1) is 17.8 Å². The normalized spacial score (nSPS) is 13.6. The number of aromatic nitrogens is 2. The smallest absolute Gasteiger partial charge is 0.357 e. The van der Waals surface area contributed by atoms with Crippen LogP contribution in [0.25, 0.3) is 11.4 Å². The zero-order chi connectivity index (χ0) is 14.8. The maximum atomic E-state index is 12.0. The minimum absolute atomic E-state index is 0.310. The van der Waals surface area contributed by atoms with Crippen LogP contribution in [0.1, 0.15) is 21.7 Å². The molecule has 108 valence electrons. The van der Waals surface area contributed by atoms with E-state index in [2.05, 4.69) is 15.3 Å². The van der Waals surface area contributed by atoms with Crippen molar-refractivity contribution in [2.45, 2.75) is 13.0 Å². The van der Waals surface area contributed by atoms with Gasteiger partial charge in [-0.1, -0.05) is 23.7 Å². The number of hydrogen-bond acceptors (Lipinski definition) is 5. The molecular formula is C15H14ClN3O2. The highest BCUT2D eigenvalue weighted by atomic mass is 35.5. The topological polar surface area (TPSA) is 64.1 Å². The Bertz CT molecular complexity index is 703. The molecule has 21 heavy (non-hydrogen) atoms. The highest BCUT2D eigenvalue weighted by Gasteiger charge is 2.23. The van der Waals surface area contributed by atoms with Crippen molar-refractivity contribution in [1.29, 1.82) is 0 Å². The summed E-state index contributed by atoms with van der Waals surface area (Å²) in [4.78, 5) is 20.9. The fourth-order valence-electron chi connectivity index (χ4n) is 2.37. The van der Waals surface area contributed by atoms with Crippen molar-refractivity contribution in [3.05, 3.63) is 46.2 Å². The van der Waals surface area contributed by atoms with Gasteiger partial charge in [0.25, 0.3) is 0 Å². The second-order valence-electron chi connectivity index (χ2n) is 4.72. The summed E-state index contributed by atoms with van der Waals surface area (Å²) < 4.78 is 4.83. The number of nitrogens with one attached hydrogen (secondary N) is 1. The molecule has 5 nitrogen and oxygen atoms in total. The summed E-state index contributed by atoms with van der Waals surface area (Å²) in [5.74, 6) is 0.00676. The SMILES string of the molecule is COC(=O)c1nc(-c2ccccc2Cl)nc2c1CNCC2. The number of methoxy groups -OCH3 is 1. The zero-order valence-corrected chi connectivity index (χ0v) is 12.3. The van der Waals surface area contributed by atoms with Gasteiger partial charge in [0.2, 0.25) is 0 Å². The summed E-state index contributed by atoms with van der Waals surface area (Å²) in [7, 11) is 1.35. The molecule has 2 heterocycles. The van der Waals surface area contributed by atoms with Gasteiger partial charge >= 0.3 is 5.97 Å². The molecule has 0 fully saturated rings. The Kier molecular flexibility index (Phi) is 3.86. The Balaban J connectivity index is 2.19. The van der Waals surface area contributed by atoms with Crippen LogP contribution in [0, 0.1) is 0 Å². The minimum atomic E-state index is -0.453. The van der Waals surface area contributed by atoms with E-state index in [9.17, 15) is 4.79 Å². The van der Waals surface area contributed by atoms with Crippen LogP contribution in [-0.4, -0.2) is 29.6 Å². The molecule has 0 radical (unpaired) electrons. The first kappa shape index (κ1) is 14.0. The Morgan fingerprint density at radius 1 is 1.33 bits per heavy atom. The number of nitrogens with zero attached hydrogens (tertiary/aromatic N) is 2. The predicted octanol–water partition coefficient (Wildman–Crippen LogP) is 2.23. The van der Waals surface area contributed by atoms with Gasteiger partial charge in [-0.2, -0.15) is 0 Å². The van der Waals surface area contributed by atoms with Crippen LogP contribution in [0.3, 0.4) is 0 Å². The van der Waals surface area contributed by atoms with E-state index in [1.807, 2.05) is 18.2 Å². The number of benzene rings is 1. The number of carbonyl (C=O) groups excluding carboxylic acids is 1. The molecule has 1 N–H and O–H groups in total. The van der Waals surface area contributed by atoms with E-state index < -0.39 is 5.97 Å². The van der Waals surface area contributed by atoms with Crippen molar-refractivity contribution >= 4 is 17.6 Å². The molecule has 0 amide bonds. The van der Waals surface area contributed by atoms with Crippen LogP contribution in [-0.2, 0) is 17.7 Å². The molecule has 3 rings (SSSR count). The van der Waals surface area contributed by atoms with Crippen molar-refractivity contribution < 1.29 is 9.53 Å². The third kappa shape index (κ3) is 2.62. The van der Waals surface area contributed by atoms with Crippen LogP contribution in [0.4, 0.5) is 0 Å². The number of halogens is 1. The van der Waals surface area contributed by atoms with E-state index in [1.165, 1.54) is 7.11 Å². The van der Waals surface area contributed by atoms with Crippen LogP contribution in [0.15, 0.2) is 24.3 Å². The molecule has 6 heteroatoms. The lowest BCUT2D eigenvalue weighted by molar-refractivity contribution is 0.0592. The number of esters is 1. The van der Waals surface area contributed by atoms with E-state index in [0.29, 0.717) is 28.6 Å². The lowest BCUT2D eigenvalue weighted by Gasteiger charge is -2.19. The van der Waals surface area contributed by atoms with Gasteiger partial charge in [0.1, 0.15) is 0 Å². The summed E-state index contributed by atoms with van der Waals surface area (Å²) in [6, 6.07) is 7.32. The second kappa shape index (κ2) is 5.79. The zero-order valence-electron chi connectivity index (χ0n) is 11.5. The largest absolute Gasteiger partial charge is 0.464 e. The third-order valence-electron chi connectivity index (χ3n) is 3.43. The number of hydrogen-bond donors (Lipinski definition) is 1. The van der Waals surface area contributed by atoms with Gasteiger partial charge in [-0.3, -0.25) is 0 Å². The van der Waals surface area contributed by atoms with Crippen molar-refractivity contribution in [3.63, 3.8) is 0 Å². The van der Waals surface area contributed by atoms with Gasteiger partial charge in [-0.05, 0) is 12.1 Å². The van der Waals surface area contributed by atoms with Gasteiger partial charge in [0, 0.05) is 30.6 Å². The molecule has 1 aliphatic heterocycles. The van der Waals surface area contributed by atoms with E-state index in [4.69, 9.17) is 16.3 Å². The summed E-state index contributed by atoms with van der Waals surface area (Å²) in [6.07, 6.45) is 0.749. The number of fused-ring (bicyclic) bond motifs is 1. The molecule has 0 aliphatic carbocycles. The highest BCUT2D eigenvalue weighted by Crippen LogP contribution is 2.27. The maximum Gasteiger partial charge on any atom is 0.357 e. The first-order chi connectivity index (χ1) is 10.2. The second-order valence-corrected chi connectivity index (χ2v) is 5.13. The quantitative estimate of drug-likeness (QED) is 0.862. The Morgan fingerprint density at radius 3 is 2.90 bits per heavy atom. The summed E-state index contributed by atoms with van der Waals surface area (Å²) in [5.41, 5.74) is 2.71. The molecule has 0 bridgehead atoms. The Morgan fingerprint density at radius 2 is 2.14 bits per heavy atom. The number of ether oxygens (including phenoxy) is 1. The first-order valence-electron chi connectivity index (χ1n) is 6.64. The van der Waals surface area contributed by atoms with E-state index in [1.54, 1.807) is 6.07 Å². The molecule has 0 atom stereocenters. The van der Waals surface area contributed by atoms with Crippen LogP contribution in [0.2, 0.25) is 5.02 Å². The molecule has 0 saturated carbocycles. The van der Waals surface area contributed by atoms with Crippen molar-refractivity contribution in [3.8, 4) is 11.4 Å². The third-order valence-corrected chi connectivity index (χ3v) is 3.76. The molecular weight excluding hydrogens is 290 g/mol. The first-order valence-corrected chi connectivity index (χ1v) is 7.02. The average Bonchev–Trinajstić information content (AvgIpc) is 2.53. The monoisotopic (exact) mass is 303 g/mol. The van der Waals surface area contributed by atoms with Crippen molar-refractivity contribution in [2.24, 2.45) is 0 Å². The lowest BCUT2D eigenvalue weighted by atomic mass is 10.0. The molecule has 1 aliphatic rings. The van der Waals surface area contributed by atoms with Crippen LogP contribution < -0.4 is 5.32 Å². The fourth-order valence-corrected chi connectivity index (χ4v) is 2.59. The summed E-state index contributed by atoms with van der Waals surface area (Å²) >= 11 is 6.20. The lowest BCUT2D eigenvalue weighted by Crippen LogP contribution is -2.28. The Hall–Kier alpha value is -1.98. The van der Waals surface area contributed by atoms with Crippen LogP contribution in [0.5, 0.6) is 0 Å². The van der Waals surface area contributed by atoms with E-state index in [-0.39, 0.29) is 0 Å². The van der Waals surface area contributed by atoms with Gasteiger partial charge in [0.15, 0.2) is 11.5 Å². The predicted molar refractivity (Wildman–Crippen MR) is 79.2 cm³/mol. The minimum Gasteiger partial charge on any atom is -0.464 e. The molecule has 2 aromatic rings. The van der Waals surface area contributed by atoms with Gasteiger partial charge in [-0.25, -0.2) is 14.8 Å². The van der Waals surface area contributed by atoms with Gasteiger partial charge < -0.3 is 10.1 Å². The molecule has 1 aromatic carbocycles. The molecule has 1 aromatic heterocycles. The fraction of sp³-hybridized carbons (Fsp3) is 0.267. The molecule has 0 unspecified atom stereocenters. The van der Waals surface area contributed by atoms with E-state index in [0.717, 1.165) is 24.2 Å². The summed E-state index contributed by atoms with van der Waals surface area (Å²) in [5, 5.41) is 3.77. The van der Waals surface area contributed by atoms with Crippen LogP contribution >= 0.6 is 11.6 Å². The standard InChI is InChI=1S/C15H14ClN3O2/c1-21-15(20)13-10-8-17-7-6-12(10)18-14(19-13)9-4-2-3-5-11(9)16/h2-5,17H,6-8H2,1H3. The number of rotatable bonds is 2. The number of carbonyl (C=O) groups is 1. The summed E-state index contributed by atoms with van der Waals surface area (Å²) in [6.45, 7) is 1.40.